The molecule has 0 saturated carbocycles. The molecule has 0 spiro atoms. The number of ether oxygens (including phenoxy) is 1. The summed E-state index contributed by atoms with van der Waals surface area (Å²) in [7, 11) is 1.52. The highest BCUT2D eigenvalue weighted by Gasteiger charge is 2.26. The molecule has 0 unspecified atom stereocenters. The largest absolute Gasteiger partial charge is 0.369 e. The first-order chi connectivity index (χ1) is 6.56. The molecule has 4 nitrogen and oxygen atoms in total. The number of nitrogens with zero attached hydrogens (tertiary/aromatic N) is 1. The molecule has 1 aromatic rings. The molecule has 0 radical (unpaired) electrons. The van der Waals surface area contributed by atoms with Gasteiger partial charge in [0.15, 0.2) is 0 Å². The van der Waals surface area contributed by atoms with Crippen LogP contribution in [-0.4, -0.2) is 23.6 Å². The van der Waals surface area contributed by atoms with Crippen molar-refractivity contribution in [2.24, 2.45) is 0 Å². The second-order valence-electron chi connectivity index (χ2n) is 3.36. The van der Waals surface area contributed by atoms with Gasteiger partial charge in [0.1, 0.15) is 5.60 Å². The first kappa shape index (κ1) is 11.1. The van der Waals surface area contributed by atoms with Gasteiger partial charge in [-0.2, -0.15) is 0 Å². The standard InChI is InChI=1S/C9H14N2O2S/c1-9(2,13-3)8(12)11-5-7-4-10-6-14-7/h4,6H,5H2,1-3H3,(H,11,12). The van der Waals surface area contributed by atoms with Gasteiger partial charge in [-0.3, -0.25) is 9.78 Å². The van der Waals surface area contributed by atoms with Gasteiger partial charge in [0.25, 0.3) is 5.91 Å². The molecular formula is C9H14N2O2S. The third-order valence-corrected chi connectivity index (χ3v) is 2.74. The Morgan fingerprint density at radius 3 is 2.93 bits per heavy atom. The quantitative estimate of drug-likeness (QED) is 0.819. The third kappa shape index (κ3) is 2.78. The zero-order valence-corrected chi connectivity index (χ0v) is 9.35. The summed E-state index contributed by atoms with van der Waals surface area (Å²) in [6.45, 7) is 3.97. The highest BCUT2D eigenvalue weighted by Crippen LogP contribution is 2.09. The maximum Gasteiger partial charge on any atom is 0.251 e. The maximum absolute atomic E-state index is 11.5. The smallest absolute Gasteiger partial charge is 0.251 e. The van der Waals surface area contributed by atoms with Crippen molar-refractivity contribution in [2.45, 2.75) is 26.0 Å². The summed E-state index contributed by atoms with van der Waals surface area (Å²) in [6.07, 6.45) is 1.74. The van der Waals surface area contributed by atoms with Crippen LogP contribution in [0.2, 0.25) is 0 Å². The van der Waals surface area contributed by atoms with Gasteiger partial charge in [-0.15, -0.1) is 11.3 Å². The van der Waals surface area contributed by atoms with Crippen LogP contribution in [-0.2, 0) is 16.1 Å². The fourth-order valence-corrected chi connectivity index (χ4v) is 1.34. The molecule has 1 heterocycles. The van der Waals surface area contributed by atoms with Crippen LogP contribution < -0.4 is 5.32 Å². The fraction of sp³-hybridized carbons (Fsp3) is 0.556. The average Bonchev–Trinajstić information content (AvgIpc) is 2.66. The minimum Gasteiger partial charge on any atom is -0.369 e. The highest BCUT2D eigenvalue weighted by atomic mass is 32.1. The molecule has 0 aliphatic carbocycles. The molecule has 1 aromatic heterocycles. The van der Waals surface area contributed by atoms with Crippen LogP contribution in [0.15, 0.2) is 11.7 Å². The average molecular weight is 214 g/mol. The van der Waals surface area contributed by atoms with E-state index in [0.29, 0.717) is 6.54 Å². The van der Waals surface area contributed by atoms with E-state index in [1.165, 1.54) is 18.4 Å². The van der Waals surface area contributed by atoms with E-state index >= 15 is 0 Å². The number of rotatable bonds is 4. The number of carbonyl (C=O) groups is 1. The van der Waals surface area contributed by atoms with Crippen LogP contribution in [0.3, 0.4) is 0 Å². The Kier molecular flexibility index (Phi) is 3.60. The van der Waals surface area contributed by atoms with Crippen molar-refractivity contribution in [2.75, 3.05) is 7.11 Å². The predicted molar refractivity (Wildman–Crippen MR) is 55.0 cm³/mol. The second-order valence-corrected chi connectivity index (χ2v) is 4.34. The van der Waals surface area contributed by atoms with E-state index in [4.69, 9.17) is 4.74 Å². The molecule has 78 valence electrons. The van der Waals surface area contributed by atoms with Crippen molar-refractivity contribution < 1.29 is 9.53 Å². The fourth-order valence-electron chi connectivity index (χ4n) is 0.802. The lowest BCUT2D eigenvalue weighted by Crippen LogP contribution is -2.43. The zero-order valence-electron chi connectivity index (χ0n) is 8.53. The number of aromatic nitrogens is 1. The van der Waals surface area contributed by atoms with Crippen LogP contribution in [0.4, 0.5) is 0 Å². The van der Waals surface area contributed by atoms with Crippen LogP contribution in [0.5, 0.6) is 0 Å². The molecule has 0 atom stereocenters. The van der Waals surface area contributed by atoms with Crippen molar-refractivity contribution in [3.8, 4) is 0 Å². The highest BCUT2D eigenvalue weighted by molar-refractivity contribution is 7.09. The lowest BCUT2D eigenvalue weighted by Gasteiger charge is -2.21. The first-order valence-electron chi connectivity index (χ1n) is 4.27. The van der Waals surface area contributed by atoms with Crippen LogP contribution in [0.25, 0.3) is 0 Å². The van der Waals surface area contributed by atoms with Gasteiger partial charge in [-0.05, 0) is 13.8 Å². The molecule has 5 heteroatoms. The Labute approximate surface area is 87.3 Å². The Balaban J connectivity index is 2.43. The summed E-state index contributed by atoms with van der Waals surface area (Å²) >= 11 is 1.52. The van der Waals surface area contributed by atoms with Gasteiger partial charge < -0.3 is 10.1 Å². The molecule has 0 aromatic carbocycles. The van der Waals surface area contributed by atoms with Gasteiger partial charge in [0.05, 0.1) is 12.1 Å². The van der Waals surface area contributed by atoms with Gasteiger partial charge in [-0.1, -0.05) is 0 Å². The third-order valence-electron chi connectivity index (χ3n) is 1.96. The van der Waals surface area contributed by atoms with Gasteiger partial charge >= 0.3 is 0 Å². The van der Waals surface area contributed by atoms with E-state index in [9.17, 15) is 4.79 Å². The molecule has 1 N–H and O–H groups in total. The Morgan fingerprint density at radius 1 is 1.71 bits per heavy atom. The molecule has 0 bridgehead atoms. The summed E-state index contributed by atoms with van der Waals surface area (Å²) in [5.41, 5.74) is 0.966. The van der Waals surface area contributed by atoms with E-state index in [1.807, 2.05) is 0 Å². The monoisotopic (exact) mass is 214 g/mol. The lowest BCUT2D eigenvalue weighted by molar-refractivity contribution is -0.139. The number of nitrogens with one attached hydrogen (secondary N) is 1. The van der Waals surface area contributed by atoms with E-state index in [1.54, 1.807) is 25.6 Å². The van der Waals surface area contributed by atoms with Crippen molar-refractivity contribution in [1.82, 2.24) is 10.3 Å². The molecular weight excluding hydrogens is 200 g/mol. The number of methoxy groups -OCH3 is 1. The van der Waals surface area contributed by atoms with Gasteiger partial charge in [0.2, 0.25) is 0 Å². The van der Waals surface area contributed by atoms with Crippen molar-refractivity contribution in [3.63, 3.8) is 0 Å². The molecule has 1 rings (SSSR count). The Hall–Kier alpha value is -0.940. The van der Waals surface area contributed by atoms with E-state index in [2.05, 4.69) is 10.3 Å². The molecule has 1 amide bonds. The Morgan fingerprint density at radius 2 is 2.43 bits per heavy atom. The van der Waals surface area contributed by atoms with Crippen molar-refractivity contribution in [3.05, 3.63) is 16.6 Å². The van der Waals surface area contributed by atoms with Crippen molar-refractivity contribution in [1.29, 1.82) is 0 Å². The van der Waals surface area contributed by atoms with Crippen LogP contribution in [0.1, 0.15) is 18.7 Å². The number of hydrogen-bond acceptors (Lipinski definition) is 4. The van der Waals surface area contributed by atoms with Crippen molar-refractivity contribution >= 4 is 17.2 Å². The normalized spacial score (nSPS) is 11.4. The summed E-state index contributed by atoms with van der Waals surface area (Å²) in [5.74, 6) is -0.117. The molecule has 0 aliphatic heterocycles. The van der Waals surface area contributed by atoms with E-state index in [-0.39, 0.29) is 5.91 Å². The van der Waals surface area contributed by atoms with Gasteiger partial charge in [-0.25, -0.2) is 0 Å². The first-order valence-corrected chi connectivity index (χ1v) is 5.15. The minimum atomic E-state index is -0.773. The van der Waals surface area contributed by atoms with E-state index in [0.717, 1.165) is 4.88 Å². The Bertz CT molecular complexity index is 296. The van der Waals surface area contributed by atoms with E-state index < -0.39 is 5.60 Å². The number of amides is 1. The van der Waals surface area contributed by atoms with Crippen LogP contribution in [0, 0.1) is 0 Å². The summed E-state index contributed by atoms with van der Waals surface area (Å²) in [4.78, 5) is 16.5. The number of thiazole rings is 1. The zero-order chi connectivity index (χ0) is 10.6. The summed E-state index contributed by atoms with van der Waals surface area (Å²) in [5, 5.41) is 2.78. The number of hydrogen-bond donors (Lipinski definition) is 1. The molecule has 14 heavy (non-hydrogen) atoms. The predicted octanol–water partition coefficient (Wildman–Crippen LogP) is 1.18. The molecule has 0 aliphatic rings. The second kappa shape index (κ2) is 4.52. The lowest BCUT2D eigenvalue weighted by atomic mass is 10.1. The maximum atomic E-state index is 11.5. The topological polar surface area (TPSA) is 51.2 Å². The number of carbonyl (C=O) groups excluding carboxylic acids is 1. The molecule has 0 fully saturated rings. The molecule has 0 saturated heterocycles. The summed E-state index contributed by atoms with van der Waals surface area (Å²) < 4.78 is 5.05. The van der Waals surface area contributed by atoms with Crippen LogP contribution >= 0.6 is 11.3 Å². The minimum absolute atomic E-state index is 0.117. The van der Waals surface area contributed by atoms with Gasteiger partial charge in [0, 0.05) is 18.2 Å². The SMILES string of the molecule is COC(C)(C)C(=O)NCc1cncs1. The summed E-state index contributed by atoms with van der Waals surface area (Å²) in [6, 6.07) is 0.